The van der Waals surface area contributed by atoms with Gasteiger partial charge in [0.1, 0.15) is 6.04 Å². The van der Waals surface area contributed by atoms with Crippen LogP contribution in [0.5, 0.6) is 0 Å². The largest absolute Gasteiger partial charge is 0.354 e. The van der Waals surface area contributed by atoms with E-state index in [1.54, 1.807) is 30.0 Å². The molecular weight excluding hydrogens is 407 g/mol. The summed E-state index contributed by atoms with van der Waals surface area (Å²) in [6.45, 7) is 6.60. The lowest BCUT2D eigenvalue weighted by atomic mass is 10.1. The van der Waals surface area contributed by atoms with Gasteiger partial charge in [-0.05, 0) is 49.9 Å². The van der Waals surface area contributed by atoms with E-state index < -0.39 is 6.04 Å². The monoisotopic (exact) mass is 434 g/mol. The van der Waals surface area contributed by atoms with E-state index in [0.717, 1.165) is 17.5 Å². The van der Waals surface area contributed by atoms with Gasteiger partial charge in [-0.25, -0.2) is 0 Å². The molecule has 156 valence electrons. The van der Waals surface area contributed by atoms with Crippen LogP contribution in [0.25, 0.3) is 0 Å². The summed E-state index contributed by atoms with van der Waals surface area (Å²) in [6, 6.07) is 12.7. The van der Waals surface area contributed by atoms with E-state index in [1.165, 1.54) is 5.56 Å². The molecule has 1 N–H and O–H groups in total. The number of benzene rings is 2. The van der Waals surface area contributed by atoms with Crippen LogP contribution in [0.15, 0.2) is 42.5 Å². The van der Waals surface area contributed by atoms with E-state index in [1.807, 2.05) is 38.1 Å². The third-order valence-electron chi connectivity index (χ3n) is 4.82. The summed E-state index contributed by atoms with van der Waals surface area (Å²) < 4.78 is 0. The molecule has 2 aromatic rings. The summed E-state index contributed by atoms with van der Waals surface area (Å²) in [4.78, 5) is 27.2. The number of halogens is 2. The first-order valence-corrected chi connectivity index (χ1v) is 10.6. The molecule has 0 aliphatic heterocycles. The molecule has 4 nitrogen and oxygen atoms in total. The lowest BCUT2D eigenvalue weighted by Crippen LogP contribution is -2.47. The Morgan fingerprint density at radius 1 is 1.10 bits per heavy atom. The first-order valence-electron chi connectivity index (χ1n) is 9.88. The predicted molar refractivity (Wildman–Crippen MR) is 119 cm³/mol. The van der Waals surface area contributed by atoms with Gasteiger partial charge >= 0.3 is 0 Å². The number of nitrogens with one attached hydrogen (secondary N) is 1. The van der Waals surface area contributed by atoms with Crippen LogP contribution in [0, 0.1) is 6.92 Å². The normalized spacial score (nSPS) is 11.8. The highest BCUT2D eigenvalue weighted by Crippen LogP contribution is 2.23. The molecule has 0 fully saturated rings. The minimum atomic E-state index is -0.598. The Balaban J connectivity index is 2.16. The third-order valence-corrected chi connectivity index (χ3v) is 5.41. The summed E-state index contributed by atoms with van der Waals surface area (Å²) >= 11 is 12.3. The van der Waals surface area contributed by atoms with Crippen LogP contribution in [0.3, 0.4) is 0 Å². The van der Waals surface area contributed by atoms with Crippen LogP contribution in [0.1, 0.15) is 43.4 Å². The van der Waals surface area contributed by atoms with E-state index in [-0.39, 0.29) is 18.4 Å². The number of amides is 2. The maximum atomic E-state index is 13.1. The van der Waals surface area contributed by atoms with Crippen molar-refractivity contribution in [2.24, 2.45) is 0 Å². The number of hydrogen-bond donors (Lipinski definition) is 1. The average Bonchev–Trinajstić information content (AvgIpc) is 2.70. The van der Waals surface area contributed by atoms with E-state index >= 15 is 0 Å². The zero-order valence-electron chi connectivity index (χ0n) is 17.2. The SMILES string of the molecule is CCCNC(=O)C(C)N(Cc1ccc(Cl)cc1Cl)C(=O)CCc1ccc(C)cc1. The maximum absolute atomic E-state index is 13.1. The first-order chi connectivity index (χ1) is 13.8. The molecule has 2 amide bonds. The van der Waals surface area contributed by atoms with Gasteiger partial charge in [0, 0.05) is 29.6 Å². The fourth-order valence-corrected chi connectivity index (χ4v) is 3.43. The lowest BCUT2D eigenvalue weighted by molar-refractivity contribution is -0.140. The van der Waals surface area contributed by atoms with Gasteiger partial charge in [0.25, 0.3) is 0 Å². The van der Waals surface area contributed by atoms with Crippen molar-refractivity contribution in [3.63, 3.8) is 0 Å². The minimum absolute atomic E-state index is 0.0873. The smallest absolute Gasteiger partial charge is 0.242 e. The molecule has 0 aromatic heterocycles. The molecule has 2 aromatic carbocycles. The van der Waals surface area contributed by atoms with Gasteiger partial charge in [-0.3, -0.25) is 9.59 Å². The highest BCUT2D eigenvalue weighted by atomic mass is 35.5. The Bertz CT molecular complexity index is 837. The van der Waals surface area contributed by atoms with Crippen molar-refractivity contribution in [3.8, 4) is 0 Å². The summed E-state index contributed by atoms with van der Waals surface area (Å²) in [5, 5.41) is 3.88. The van der Waals surface area contributed by atoms with Gasteiger partial charge in [-0.15, -0.1) is 0 Å². The summed E-state index contributed by atoms with van der Waals surface area (Å²) in [7, 11) is 0. The molecular formula is C23H28Cl2N2O2. The zero-order chi connectivity index (χ0) is 21.4. The van der Waals surface area contributed by atoms with Crippen molar-refractivity contribution in [3.05, 3.63) is 69.2 Å². The highest BCUT2D eigenvalue weighted by Gasteiger charge is 2.26. The number of carbonyl (C=O) groups excluding carboxylic acids is 2. The molecule has 1 unspecified atom stereocenters. The van der Waals surface area contributed by atoms with Crippen LogP contribution in [0.2, 0.25) is 10.0 Å². The molecule has 1 atom stereocenters. The molecule has 0 heterocycles. The Morgan fingerprint density at radius 3 is 2.41 bits per heavy atom. The second kappa shape index (κ2) is 11.2. The second-order valence-corrected chi connectivity index (χ2v) is 8.05. The zero-order valence-corrected chi connectivity index (χ0v) is 18.7. The molecule has 29 heavy (non-hydrogen) atoms. The van der Waals surface area contributed by atoms with Crippen LogP contribution >= 0.6 is 23.2 Å². The number of aryl methyl sites for hydroxylation is 2. The Labute approximate surface area is 183 Å². The van der Waals surface area contributed by atoms with Crippen LogP contribution in [0.4, 0.5) is 0 Å². The quantitative estimate of drug-likeness (QED) is 0.590. The Morgan fingerprint density at radius 2 is 1.79 bits per heavy atom. The molecule has 0 radical (unpaired) electrons. The number of hydrogen-bond acceptors (Lipinski definition) is 2. The maximum Gasteiger partial charge on any atom is 0.242 e. The first kappa shape index (κ1) is 23.2. The van der Waals surface area contributed by atoms with Gasteiger partial charge in [-0.1, -0.05) is 66.0 Å². The van der Waals surface area contributed by atoms with Crippen LogP contribution < -0.4 is 5.32 Å². The van der Waals surface area contributed by atoms with Crippen LogP contribution in [-0.4, -0.2) is 29.3 Å². The second-order valence-electron chi connectivity index (χ2n) is 7.21. The van der Waals surface area contributed by atoms with E-state index in [9.17, 15) is 9.59 Å². The van der Waals surface area contributed by atoms with Crippen molar-refractivity contribution in [2.45, 2.75) is 52.6 Å². The number of rotatable bonds is 9. The third kappa shape index (κ3) is 7.06. The molecule has 0 saturated heterocycles. The van der Waals surface area contributed by atoms with Gasteiger partial charge in [0.15, 0.2) is 0 Å². The van der Waals surface area contributed by atoms with Gasteiger partial charge in [-0.2, -0.15) is 0 Å². The average molecular weight is 435 g/mol. The fourth-order valence-electron chi connectivity index (χ4n) is 2.96. The molecule has 2 rings (SSSR count). The van der Waals surface area contributed by atoms with Crippen molar-refractivity contribution >= 4 is 35.0 Å². The molecule has 0 saturated carbocycles. The molecule has 0 aliphatic carbocycles. The van der Waals surface area contributed by atoms with Gasteiger partial charge in [0.2, 0.25) is 11.8 Å². The fraction of sp³-hybridized carbons (Fsp3) is 0.391. The molecule has 0 aliphatic rings. The minimum Gasteiger partial charge on any atom is -0.354 e. The summed E-state index contributed by atoms with van der Waals surface area (Å²) in [5.74, 6) is -0.253. The van der Waals surface area contributed by atoms with E-state index in [2.05, 4.69) is 5.32 Å². The number of nitrogens with zero attached hydrogens (tertiary/aromatic N) is 1. The summed E-state index contributed by atoms with van der Waals surface area (Å²) in [5.41, 5.74) is 3.03. The van der Waals surface area contributed by atoms with Crippen molar-refractivity contribution < 1.29 is 9.59 Å². The van der Waals surface area contributed by atoms with Gasteiger partial charge in [0.05, 0.1) is 0 Å². The topological polar surface area (TPSA) is 49.4 Å². The Hall–Kier alpha value is -2.04. The van der Waals surface area contributed by atoms with Crippen molar-refractivity contribution in [1.29, 1.82) is 0 Å². The molecule has 6 heteroatoms. The van der Waals surface area contributed by atoms with Crippen molar-refractivity contribution in [1.82, 2.24) is 10.2 Å². The summed E-state index contributed by atoms with van der Waals surface area (Å²) in [6.07, 6.45) is 1.77. The molecule has 0 spiro atoms. The van der Waals surface area contributed by atoms with Crippen molar-refractivity contribution in [2.75, 3.05) is 6.54 Å². The standard InChI is InChI=1S/C23H28Cl2N2O2/c1-4-13-26-23(29)17(3)27(15-19-10-11-20(24)14-21(19)25)22(28)12-9-18-7-5-16(2)6-8-18/h5-8,10-11,14,17H,4,9,12-13,15H2,1-3H3,(H,26,29). The van der Waals surface area contributed by atoms with Gasteiger partial charge < -0.3 is 10.2 Å². The molecule has 0 bridgehead atoms. The Kier molecular flexibility index (Phi) is 8.99. The predicted octanol–water partition coefficient (Wildman–Crippen LogP) is 5.18. The van der Waals surface area contributed by atoms with E-state index in [4.69, 9.17) is 23.2 Å². The lowest BCUT2D eigenvalue weighted by Gasteiger charge is -2.29. The number of carbonyl (C=O) groups is 2. The van der Waals surface area contributed by atoms with Crippen LogP contribution in [-0.2, 0) is 22.6 Å². The van der Waals surface area contributed by atoms with E-state index in [0.29, 0.717) is 29.4 Å². The highest BCUT2D eigenvalue weighted by molar-refractivity contribution is 6.35.